The van der Waals surface area contributed by atoms with Crippen molar-refractivity contribution in [1.29, 1.82) is 0 Å². The normalized spacial score (nSPS) is 14.0. The fraction of sp³-hybridized carbons (Fsp3) is 0.625. The monoisotopic (exact) mass is 248 g/mol. The Bertz CT molecular complexity index is 391. The van der Waals surface area contributed by atoms with Gasteiger partial charge in [-0.2, -0.15) is 0 Å². The maximum Gasteiger partial charge on any atom is 0.0236 e. The number of hydrogen-bond donors (Lipinski definition) is 1. The maximum atomic E-state index is 5.72. The molecule has 0 aromatic heterocycles. The van der Waals surface area contributed by atoms with Crippen LogP contribution in [-0.2, 0) is 12.0 Å². The van der Waals surface area contributed by atoms with Gasteiger partial charge in [0.1, 0.15) is 0 Å². The van der Waals surface area contributed by atoms with Crippen LogP contribution in [0.2, 0.25) is 0 Å². The molecule has 0 saturated heterocycles. The molecular formula is C16H28N2. The van der Waals surface area contributed by atoms with Crippen molar-refractivity contribution in [3.63, 3.8) is 0 Å². The number of nitrogens with two attached hydrogens (primary N) is 1. The number of aryl methyl sites for hydroxylation is 1. The molecule has 1 atom stereocenters. The van der Waals surface area contributed by atoms with Crippen LogP contribution in [0.15, 0.2) is 18.2 Å². The number of benzene rings is 1. The van der Waals surface area contributed by atoms with Crippen molar-refractivity contribution in [2.75, 3.05) is 13.6 Å². The van der Waals surface area contributed by atoms with E-state index in [9.17, 15) is 0 Å². The zero-order valence-electron chi connectivity index (χ0n) is 12.7. The molecule has 0 aliphatic carbocycles. The summed E-state index contributed by atoms with van der Waals surface area (Å²) in [5.41, 5.74) is 10.1. The second-order valence-electron chi connectivity index (χ2n) is 6.39. The lowest BCUT2D eigenvalue weighted by Gasteiger charge is -2.26. The molecule has 0 radical (unpaired) electrons. The largest absolute Gasteiger partial charge is 0.329 e. The predicted molar refractivity (Wildman–Crippen MR) is 79.9 cm³/mol. The molecule has 18 heavy (non-hydrogen) atoms. The minimum atomic E-state index is 0.209. The van der Waals surface area contributed by atoms with Crippen LogP contribution in [-0.4, -0.2) is 24.5 Å². The Hall–Kier alpha value is -0.860. The molecule has 1 aromatic rings. The minimum Gasteiger partial charge on any atom is -0.329 e. The summed E-state index contributed by atoms with van der Waals surface area (Å²) in [5, 5.41) is 0. The minimum absolute atomic E-state index is 0.209. The molecule has 0 bridgehead atoms. The average molecular weight is 248 g/mol. The zero-order chi connectivity index (χ0) is 13.9. The van der Waals surface area contributed by atoms with Crippen molar-refractivity contribution in [2.45, 2.75) is 52.6 Å². The Balaban J connectivity index is 2.95. The SMILES string of the molecule is Cc1ccc(C(C)(C)C)cc1CN(C)C(C)CN. The van der Waals surface area contributed by atoms with E-state index in [2.05, 4.69) is 64.8 Å². The summed E-state index contributed by atoms with van der Waals surface area (Å²) in [6, 6.07) is 7.24. The summed E-state index contributed by atoms with van der Waals surface area (Å²) < 4.78 is 0. The van der Waals surface area contributed by atoms with Gasteiger partial charge in [-0.1, -0.05) is 39.0 Å². The summed E-state index contributed by atoms with van der Waals surface area (Å²) in [4.78, 5) is 2.31. The Morgan fingerprint density at radius 1 is 1.28 bits per heavy atom. The quantitative estimate of drug-likeness (QED) is 0.887. The van der Waals surface area contributed by atoms with Gasteiger partial charge in [0.25, 0.3) is 0 Å². The number of hydrogen-bond acceptors (Lipinski definition) is 2. The highest BCUT2D eigenvalue weighted by molar-refractivity contribution is 5.34. The molecule has 0 spiro atoms. The Morgan fingerprint density at radius 3 is 2.39 bits per heavy atom. The van der Waals surface area contributed by atoms with Crippen molar-refractivity contribution in [1.82, 2.24) is 4.90 Å². The van der Waals surface area contributed by atoms with Gasteiger partial charge in [0, 0.05) is 19.1 Å². The first kappa shape index (κ1) is 15.2. The summed E-state index contributed by atoms with van der Waals surface area (Å²) in [6.45, 7) is 12.8. The molecule has 1 unspecified atom stereocenters. The molecule has 1 rings (SSSR count). The van der Waals surface area contributed by atoms with Gasteiger partial charge in [0.05, 0.1) is 0 Å². The Morgan fingerprint density at radius 2 is 1.89 bits per heavy atom. The van der Waals surface area contributed by atoms with Crippen LogP contribution in [0, 0.1) is 6.92 Å². The van der Waals surface area contributed by atoms with Crippen molar-refractivity contribution < 1.29 is 0 Å². The Labute approximate surface area is 112 Å². The Kier molecular flexibility index (Phi) is 4.94. The van der Waals surface area contributed by atoms with E-state index in [0.717, 1.165) is 6.54 Å². The van der Waals surface area contributed by atoms with Gasteiger partial charge in [-0.05, 0) is 43.0 Å². The van der Waals surface area contributed by atoms with Crippen LogP contribution in [0.5, 0.6) is 0 Å². The molecule has 2 nitrogen and oxygen atoms in total. The van der Waals surface area contributed by atoms with Crippen molar-refractivity contribution in [2.24, 2.45) is 5.73 Å². The van der Waals surface area contributed by atoms with Gasteiger partial charge in [0.15, 0.2) is 0 Å². The third kappa shape index (κ3) is 3.82. The van der Waals surface area contributed by atoms with E-state index in [1.165, 1.54) is 16.7 Å². The standard InChI is InChI=1S/C16H28N2/c1-12-7-8-15(16(3,4)5)9-14(12)11-18(6)13(2)10-17/h7-9,13H,10-11,17H2,1-6H3. The fourth-order valence-corrected chi connectivity index (χ4v) is 1.91. The molecule has 0 aliphatic heterocycles. The zero-order valence-corrected chi connectivity index (χ0v) is 12.7. The molecule has 0 fully saturated rings. The second kappa shape index (κ2) is 5.85. The number of nitrogens with zero attached hydrogens (tertiary/aromatic N) is 1. The van der Waals surface area contributed by atoms with Gasteiger partial charge in [-0.25, -0.2) is 0 Å². The predicted octanol–water partition coefficient (Wildman–Crippen LogP) is 3.07. The average Bonchev–Trinajstić information content (AvgIpc) is 2.29. The third-order valence-corrected chi connectivity index (χ3v) is 3.73. The van der Waals surface area contributed by atoms with E-state index >= 15 is 0 Å². The summed E-state index contributed by atoms with van der Waals surface area (Å²) >= 11 is 0. The maximum absolute atomic E-state index is 5.72. The summed E-state index contributed by atoms with van der Waals surface area (Å²) in [5.74, 6) is 0. The highest BCUT2D eigenvalue weighted by atomic mass is 15.1. The van der Waals surface area contributed by atoms with Crippen molar-refractivity contribution in [3.8, 4) is 0 Å². The van der Waals surface area contributed by atoms with Gasteiger partial charge >= 0.3 is 0 Å². The highest BCUT2D eigenvalue weighted by Crippen LogP contribution is 2.25. The molecule has 0 saturated carbocycles. The van der Waals surface area contributed by atoms with Crippen LogP contribution < -0.4 is 5.73 Å². The smallest absolute Gasteiger partial charge is 0.0236 e. The lowest BCUT2D eigenvalue weighted by Crippen LogP contribution is -2.35. The first-order chi connectivity index (χ1) is 8.25. The molecule has 102 valence electrons. The van der Waals surface area contributed by atoms with Crippen LogP contribution in [0.1, 0.15) is 44.4 Å². The summed E-state index contributed by atoms with van der Waals surface area (Å²) in [7, 11) is 2.14. The number of likely N-dealkylation sites (N-methyl/N-ethyl adjacent to an activating group) is 1. The van der Waals surface area contributed by atoms with E-state index in [-0.39, 0.29) is 5.41 Å². The highest BCUT2D eigenvalue weighted by Gasteiger charge is 2.16. The first-order valence-electron chi connectivity index (χ1n) is 6.76. The van der Waals surface area contributed by atoms with Gasteiger partial charge in [-0.3, -0.25) is 4.90 Å². The van der Waals surface area contributed by atoms with Crippen LogP contribution in [0.4, 0.5) is 0 Å². The lowest BCUT2D eigenvalue weighted by molar-refractivity contribution is 0.254. The molecule has 0 aliphatic rings. The van der Waals surface area contributed by atoms with Crippen LogP contribution in [0.3, 0.4) is 0 Å². The van der Waals surface area contributed by atoms with Crippen molar-refractivity contribution in [3.05, 3.63) is 34.9 Å². The molecule has 1 aromatic carbocycles. The number of rotatable bonds is 4. The van der Waals surface area contributed by atoms with Gasteiger partial charge < -0.3 is 5.73 Å². The molecule has 0 amide bonds. The van der Waals surface area contributed by atoms with E-state index in [1.807, 2.05) is 0 Å². The first-order valence-corrected chi connectivity index (χ1v) is 6.76. The van der Waals surface area contributed by atoms with Crippen LogP contribution >= 0.6 is 0 Å². The topological polar surface area (TPSA) is 29.3 Å². The second-order valence-corrected chi connectivity index (χ2v) is 6.39. The van der Waals surface area contributed by atoms with E-state index in [1.54, 1.807) is 0 Å². The van der Waals surface area contributed by atoms with Crippen molar-refractivity contribution >= 4 is 0 Å². The summed E-state index contributed by atoms with van der Waals surface area (Å²) in [6.07, 6.45) is 0. The fourth-order valence-electron chi connectivity index (χ4n) is 1.91. The van der Waals surface area contributed by atoms with Crippen LogP contribution in [0.25, 0.3) is 0 Å². The lowest BCUT2D eigenvalue weighted by atomic mass is 9.85. The van der Waals surface area contributed by atoms with E-state index < -0.39 is 0 Å². The van der Waals surface area contributed by atoms with Gasteiger partial charge in [-0.15, -0.1) is 0 Å². The molecule has 0 heterocycles. The molecule has 2 N–H and O–H groups in total. The molecular weight excluding hydrogens is 220 g/mol. The van der Waals surface area contributed by atoms with E-state index in [4.69, 9.17) is 5.73 Å². The third-order valence-electron chi connectivity index (χ3n) is 3.73. The van der Waals surface area contributed by atoms with E-state index in [0.29, 0.717) is 12.6 Å². The molecule has 2 heteroatoms. The van der Waals surface area contributed by atoms with Gasteiger partial charge in [0.2, 0.25) is 0 Å².